The van der Waals surface area contributed by atoms with Gasteiger partial charge in [0, 0.05) is 18.3 Å². The van der Waals surface area contributed by atoms with E-state index in [1.54, 1.807) is 6.92 Å². The van der Waals surface area contributed by atoms with E-state index in [0.717, 1.165) is 16.7 Å². The Morgan fingerprint density at radius 2 is 1.41 bits per heavy atom. The molecule has 0 aromatic heterocycles. The number of aliphatic imine (C=N–C) groups is 1. The maximum absolute atomic E-state index is 13.3. The highest BCUT2D eigenvalue weighted by molar-refractivity contribution is 5.92. The van der Waals surface area contributed by atoms with Crippen LogP contribution in [0, 0.1) is 38.5 Å². The zero-order chi connectivity index (χ0) is 22.7. The molecule has 3 aromatic rings. The third kappa shape index (κ3) is 3.97. The maximum Gasteiger partial charge on any atom is 0.245 e. The van der Waals surface area contributed by atoms with Gasteiger partial charge in [-0.3, -0.25) is 9.79 Å². The van der Waals surface area contributed by atoms with Crippen molar-refractivity contribution >= 4 is 12.1 Å². The predicted molar refractivity (Wildman–Crippen MR) is 130 cm³/mol. The lowest BCUT2D eigenvalue weighted by atomic mass is 9.75. The van der Waals surface area contributed by atoms with Gasteiger partial charge in [-0.15, -0.1) is 5.92 Å². The molecule has 1 aliphatic heterocycles. The molecule has 4 rings (SSSR count). The van der Waals surface area contributed by atoms with Crippen LogP contribution in [-0.4, -0.2) is 17.0 Å². The van der Waals surface area contributed by atoms with Gasteiger partial charge in [-0.2, -0.15) is 0 Å². The average molecular weight is 421 g/mol. The first-order chi connectivity index (χ1) is 15.4. The number of likely N-dealkylation sites (tertiary alicyclic amines) is 1. The molecule has 3 heteroatoms. The minimum atomic E-state index is -0.858. The highest BCUT2D eigenvalue weighted by Crippen LogP contribution is 2.48. The summed E-state index contributed by atoms with van der Waals surface area (Å²) < 4.78 is 0. The van der Waals surface area contributed by atoms with Gasteiger partial charge in [-0.1, -0.05) is 95.4 Å². The van der Waals surface area contributed by atoms with Crippen LogP contribution in [0.1, 0.15) is 40.3 Å². The second-order valence-electron chi connectivity index (χ2n) is 8.50. The molecule has 3 nitrogen and oxygen atoms in total. The van der Waals surface area contributed by atoms with Gasteiger partial charge in [0.15, 0.2) is 5.66 Å². The zero-order valence-electron chi connectivity index (χ0n) is 19.1. The molecule has 32 heavy (non-hydrogen) atoms. The number of carbonyl (C=O) groups excluding carboxylic acids is 1. The Bertz CT molecular complexity index is 1200. The monoisotopic (exact) mass is 420 g/mol. The van der Waals surface area contributed by atoms with Crippen molar-refractivity contribution in [3.63, 3.8) is 0 Å². The minimum Gasteiger partial charge on any atom is -0.307 e. The molecule has 1 aliphatic rings. The maximum atomic E-state index is 13.3. The summed E-state index contributed by atoms with van der Waals surface area (Å²) in [6.07, 6.45) is 1.87. The third-order valence-corrected chi connectivity index (χ3v) is 6.04. The van der Waals surface area contributed by atoms with Crippen molar-refractivity contribution in [1.29, 1.82) is 0 Å². The average Bonchev–Trinajstić information content (AvgIpc) is 2.80. The van der Waals surface area contributed by atoms with E-state index in [1.165, 1.54) is 16.7 Å². The summed E-state index contributed by atoms with van der Waals surface area (Å²) in [6, 6.07) is 24.8. The van der Waals surface area contributed by atoms with E-state index in [9.17, 15) is 4.79 Å². The molecular formula is C29H28N2O. The third-order valence-electron chi connectivity index (χ3n) is 6.04. The quantitative estimate of drug-likeness (QED) is 0.302. The number of β-lactam (4-membered cyclic amide) rings is 1. The van der Waals surface area contributed by atoms with Crippen molar-refractivity contribution in [3.05, 3.63) is 106 Å². The zero-order valence-corrected chi connectivity index (χ0v) is 19.1. The first-order valence-electron chi connectivity index (χ1n) is 10.9. The Kier molecular flexibility index (Phi) is 5.97. The molecule has 1 fully saturated rings. The van der Waals surface area contributed by atoms with Crippen LogP contribution < -0.4 is 0 Å². The van der Waals surface area contributed by atoms with Crippen LogP contribution >= 0.6 is 0 Å². The molecule has 0 spiro atoms. The van der Waals surface area contributed by atoms with E-state index in [2.05, 4.69) is 93.3 Å². The molecule has 160 valence electrons. The lowest BCUT2D eigenvalue weighted by molar-refractivity contribution is -0.167. The fourth-order valence-corrected chi connectivity index (χ4v) is 4.13. The molecular weight excluding hydrogens is 392 g/mol. The van der Waals surface area contributed by atoms with Crippen LogP contribution in [0.25, 0.3) is 0 Å². The Balaban J connectivity index is 1.82. The molecule has 0 bridgehead atoms. The molecule has 0 radical (unpaired) electrons. The van der Waals surface area contributed by atoms with E-state index in [0.29, 0.717) is 6.54 Å². The van der Waals surface area contributed by atoms with Crippen LogP contribution in [-0.2, 0) is 17.0 Å². The second-order valence-corrected chi connectivity index (χ2v) is 8.50. The number of hydrogen-bond acceptors (Lipinski definition) is 2. The Labute approximate surface area is 190 Å². The molecule has 1 heterocycles. The summed E-state index contributed by atoms with van der Waals surface area (Å²) in [4.78, 5) is 20.2. The molecule has 1 saturated heterocycles. The number of benzene rings is 3. The highest BCUT2D eigenvalue weighted by Gasteiger charge is 2.60. The number of hydrogen-bond donors (Lipinski definition) is 0. The van der Waals surface area contributed by atoms with E-state index >= 15 is 0 Å². The molecule has 0 N–H and O–H groups in total. The van der Waals surface area contributed by atoms with E-state index in [1.807, 2.05) is 23.2 Å². The molecule has 0 saturated carbocycles. The van der Waals surface area contributed by atoms with Crippen LogP contribution in [0.4, 0.5) is 0 Å². The topological polar surface area (TPSA) is 32.7 Å². The summed E-state index contributed by atoms with van der Waals surface area (Å²) in [7, 11) is 0. The van der Waals surface area contributed by atoms with Crippen LogP contribution in [0.15, 0.2) is 77.8 Å². The van der Waals surface area contributed by atoms with Crippen molar-refractivity contribution in [2.45, 2.75) is 39.9 Å². The van der Waals surface area contributed by atoms with Crippen molar-refractivity contribution < 1.29 is 4.79 Å². The summed E-state index contributed by atoms with van der Waals surface area (Å²) >= 11 is 0. The summed E-state index contributed by atoms with van der Waals surface area (Å²) in [5.41, 5.74) is 5.76. The first kappa shape index (κ1) is 21.6. The van der Waals surface area contributed by atoms with E-state index in [4.69, 9.17) is 4.99 Å². The molecule has 0 unspecified atom stereocenters. The van der Waals surface area contributed by atoms with E-state index in [-0.39, 0.29) is 5.91 Å². The largest absolute Gasteiger partial charge is 0.307 e. The smallest absolute Gasteiger partial charge is 0.245 e. The van der Waals surface area contributed by atoms with Crippen molar-refractivity contribution in [3.8, 4) is 11.8 Å². The van der Waals surface area contributed by atoms with Gasteiger partial charge < -0.3 is 4.90 Å². The van der Waals surface area contributed by atoms with Gasteiger partial charge in [-0.05, 0) is 38.8 Å². The SMILES string of the molecule is CC#C[C@H]1C(=O)N(Cc2ccc(C)cc2)[C@]1(/N=C/c1ccc(C)cc1)c1ccc(C)cc1. The Hall–Kier alpha value is -3.64. The number of nitrogens with zero attached hydrogens (tertiary/aromatic N) is 2. The number of rotatable bonds is 5. The molecule has 3 aromatic carbocycles. The van der Waals surface area contributed by atoms with Crippen LogP contribution in [0.5, 0.6) is 0 Å². The van der Waals surface area contributed by atoms with Gasteiger partial charge >= 0.3 is 0 Å². The first-order valence-corrected chi connectivity index (χ1v) is 10.9. The van der Waals surface area contributed by atoms with Gasteiger partial charge in [0.25, 0.3) is 0 Å². The van der Waals surface area contributed by atoms with Gasteiger partial charge in [-0.25, -0.2) is 0 Å². The summed E-state index contributed by atoms with van der Waals surface area (Å²) in [6.45, 7) is 8.45. The van der Waals surface area contributed by atoms with Gasteiger partial charge in [0.1, 0.15) is 5.92 Å². The fraction of sp³-hybridized carbons (Fsp3) is 0.241. The number of amides is 1. The molecule has 2 atom stereocenters. The van der Waals surface area contributed by atoms with Gasteiger partial charge in [0.05, 0.1) is 0 Å². The standard InChI is InChI=1S/C29H28N2O/c1-5-6-27-28(32)31(20-25-15-9-22(3)10-16-25)29(27,26-17-11-23(4)12-18-26)30-19-24-13-7-21(2)8-14-24/h7-19,27H,20H2,1-4H3/b30-19+/t27-,29+/m0/s1. The highest BCUT2D eigenvalue weighted by atomic mass is 16.2. The number of aryl methyl sites for hydroxylation is 3. The van der Waals surface area contributed by atoms with Crippen molar-refractivity contribution in [2.75, 3.05) is 0 Å². The molecule has 1 amide bonds. The Morgan fingerprint density at radius 1 is 0.875 bits per heavy atom. The summed E-state index contributed by atoms with van der Waals surface area (Å²) in [5.74, 6) is 5.62. The van der Waals surface area contributed by atoms with E-state index < -0.39 is 11.6 Å². The minimum absolute atomic E-state index is 0.0153. The van der Waals surface area contributed by atoms with Crippen LogP contribution in [0.2, 0.25) is 0 Å². The Morgan fingerprint density at radius 3 is 1.97 bits per heavy atom. The van der Waals surface area contributed by atoms with Crippen LogP contribution in [0.3, 0.4) is 0 Å². The van der Waals surface area contributed by atoms with Gasteiger partial charge in [0.2, 0.25) is 5.91 Å². The van der Waals surface area contributed by atoms with Crippen molar-refractivity contribution in [1.82, 2.24) is 4.90 Å². The second kappa shape index (κ2) is 8.85. The lowest BCUT2D eigenvalue weighted by Crippen LogP contribution is -2.66. The summed E-state index contributed by atoms with van der Waals surface area (Å²) in [5, 5.41) is 0. The lowest BCUT2D eigenvalue weighted by Gasteiger charge is -2.53. The normalized spacial score (nSPS) is 20.1. The van der Waals surface area contributed by atoms with Crippen molar-refractivity contribution in [2.24, 2.45) is 10.9 Å². The predicted octanol–water partition coefficient (Wildman–Crippen LogP) is 5.57. The molecule has 0 aliphatic carbocycles. The number of carbonyl (C=O) groups is 1. The fourth-order valence-electron chi connectivity index (χ4n) is 4.13.